The molecule has 0 amide bonds. The second-order valence-electron chi connectivity index (χ2n) is 11.6. The van der Waals surface area contributed by atoms with E-state index in [1.54, 1.807) is 0 Å². The van der Waals surface area contributed by atoms with Crippen LogP contribution in [0.2, 0.25) is 0 Å². The van der Waals surface area contributed by atoms with Gasteiger partial charge < -0.3 is 0 Å². The van der Waals surface area contributed by atoms with Crippen molar-refractivity contribution in [2.45, 2.75) is 55.4 Å². The van der Waals surface area contributed by atoms with Crippen molar-refractivity contribution in [3.05, 3.63) is 146 Å². The van der Waals surface area contributed by atoms with Gasteiger partial charge in [-0.25, -0.2) is 0 Å². The lowest BCUT2D eigenvalue weighted by atomic mass is 9.82. The van der Waals surface area contributed by atoms with E-state index in [9.17, 15) is 0 Å². The molecule has 0 N–H and O–H groups in total. The Kier molecular flexibility index (Phi) is 10.3. The molecule has 0 unspecified atom stereocenters. The van der Waals surface area contributed by atoms with Crippen molar-refractivity contribution in [2.24, 2.45) is 0 Å². The smallest absolute Gasteiger partial charge is 0.000740 e. The molecule has 0 aromatic heterocycles. The van der Waals surface area contributed by atoms with Crippen LogP contribution in [-0.4, -0.2) is 0 Å². The Morgan fingerprint density at radius 2 is 0.600 bits per heavy atom. The minimum Gasteiger partial charge on any atom is -0.0683 e. The molecule has 0 saturated carbocycles. The number of rotatable bonds is 2. The Morgan fingerprint density at radius 1 is 0.240 bits per heavy atom. The number of benzene rings is 9. The fourth-order valence-electron chi connectivity index (χ4n) is 7.94. The second kappa shape index (κ2) is 15.0. The molecule has 0 heterocycles. The molecule has 248 valence electrons. The Balaban J connectivity index is 0.000000507. The van der Waals surface area contributed by atoms with Crippen molar-refractivity contribution in [3.8, 4) is 44.5 Å². The molecule has 0 radical (unpaired) electrons. The summed E-state index contributed by atoms with van der Waals surface area (Å²) in [5.41, 5.74) is 10.6. The van der Waals surface area contributed by atoms with Crippen molar-refractivity contribution in [1.29, 1.82) is 0 Å². The van der Waals surface area contributed by atoms with E-state index < -0.39 is 0 Å². The van der Waals surface area contributed by atoms with E-state index >= 15 is 0 Å². The molecular formula is C50H48. The summed E-state index contributed by atoms with van der Waals surface area (Å²) in [5.74, 6) is 0. The summed E-state index contributed by atoms with van der Waals surface area (Å²) in [6.45, 7) is 16.0. The maximum absolute atomic E-state index is 2.40. The van der Waals surface area contributed by atoms with Gasteiger partial charge in [-0.15, -0.1) is 0 Å². The third-order valence-electron chi connectivity index (χ3n) is 9.53. The molecule has 0 atom stereocenters. The monoisotopic (exact) mass is 648 g/mol. The van der Waals surface area contributed by atoms with E-state index in [2.05, 4.69) is 146 Å². The number of hydrogen-bond acceptors (Lipinski definition) is 0. The Labute approximate surface area is 298 Å². The van der Waals surface area contributed by atoms with Crippen LogP contribution in [-0.2, 0) is 0 Å². The SMILES string of the molecule is CC.CC.CC.CC.c1ccc(-c2c3c(c(-c4ccccc4)c4ccccc24)-c2ccc4c5cccc6cccc(c7ccc-3c2c74)c65)cc1. The normalized spacial score (nSPS) is 10.8. The Hall–Kier alpha value is -5.46. The molecule has 1 aliphatic carbocycles. The summed E-state index contributed by atoms with van der Waals surface area (Å²) >= 11 is 0. The van der Waals surface area contributed by atoms with Gasteiger partial charge in [-0.1, -0.05) is 201 Å². The standard InChI is InChI=1S/C42H24.4C2H6/c1-3-11-26(12-4-1)37-30-17-7-8-18-31(30)38(27-13-5-2-6-14-27)42-35-24-22-33-29-20-10-16-25-15-9-19-28(36(25)29)32-21-23-34(41(37)42)40(35)39(32)33;4*1-2/h1-24H;4*1-2H3. The van der Waals surface area contributed by atoms with Crippen molar-refractivity contribution >= 4 is 53.9 Å². The lowest BCUT2D eigenvalue weighted by Crippen LogP contribution is -1.93. The highest BCUT2D eigenvalue weighted by atomic mass is 14.3. The average molecular weight is 649 g/mol. The van der Waals surface area contributed by atoms with Crippen LogP contribution in [0.25, 0.3) is 98.4 Å². The largest absolute Gasteiger partial charge is 0.0683 e. The van der Waals surface area contributed by atoms with Crippen molar-refractivity contribution in [1.82, 2.24) is 0 Å². The zero-order chi connectivity index (χ0) is 35.4. The van der Waals surface area contributed by atoms with E-state index in [1.165, 1.54) is 98.4 Å². The third-order valence-corrected chi connectivity index (χ3v) is 9.53. The van der Waals surface area contributed by atoms with Crippen LogP contribution in [0.3, 0.4) is 0 Å². The van der Waals surface area contributed by atoms with Crippen LogP contribution in [0.1, 0.15) is 55.4 Å². The van der Waals surface area contributed by atoms with Gasteiger partial charge in [0.05, 0.1) is 0 Å². The van der Waals surface area contributed by atoms with Gasteiger partial charge in [0.25, 0.3) is 0 Å². The molecule has 9 aromatic rings. The minimum atomic E-state index is 1.26. The molecule has 0 saturated heterocycles. The first-order chi connectivity index (χ1) is 24.9. The summed E-state index contributed by atoms with van der Waals surface area (Å²) < 4.78 is 0. The van der Waals surface area contributed by atoms with Gasteiger partial charge in [-0.05, 0) is 98.4 Å². The van der Waals surface area contributed by atoms with Crippen LogP contribution >= 0.6 is 0 Å². The molecule has 10 rings (SSSR count). The highest BCUT2D eigenvalue weighted by Crippen LogP contribution is 2.59. The number of hydrogen-bond donors (Lipinski definition) is 0. The Bertz CT molecular complexity index is 2370. The minimum absolute atomic E-state index is 1.26. The second-order valence-corrected chi connectivity index (χ2v) is 11.6. The van der Waals surface area contributed by atoms with Gasteiger partial charge >= 0.3 is 0 Å². The third kappa shape index (κ3) is 5.14. The predicted octanol–water partition coefficient (Wildman–Crippen LogP) is 16.0. The molecule has 0 bridgehead atoms. The topological polar surface area (TPSA) is 0 Å². The predicted molar refractivity (Wildman–Crippen MR) is 226 cm³/mol. The molecule has 0 aliphatic heterocycles. The lowest BCUT2D eigenvalue weighted by molar-refractivity contribution is 1.50. The van der Waals surface area contributed by atoms with Crippen LogP contribution in [0.4, 0.5) is 0 Å². The van der Waals surface area contributed by atoms with E-state index in [-0.39, 0.29) is 0 Å². The van der Waals surface area contributed by atoms with Crippen molar-refractivity contribution in [2.75, 3.05) is 0 Å². The van der Waals surface area contributed by atoms with Crippen LogP contribution in [0, 0.1) is 0 Å². The maximum atomic E-state index is 2.40. The van der Waals surface area contributed by atoms with Crippen molar-refractivity contribution in [3.63, 3.8) is 0 Å². The van der Waals surface area contributed by atoms with Gasteiger partial charge in [0, 0.05) is 0 Å². The van der Waals surface area contributed by atoms with Gasteiger partial charge in [-0.3, -0.25) is 0 Å². The van der Waals surface area contributed by atoms with E-state index in [1.807, 2.05) is 55.4 Å². The zero-order valence-electron chi connectivity index (χ0n) is 30.9. The van der Waals surface area contributed by atoms with Gasteiger partial charge in [0.1, 0.15) is 0 Å². The first kappa shape index (κ1) is 34.4. The van der Waals surface area contributed by atoms with Gasteiger partial charge in [-0.2, -0.15) is 0 Å². The maximum Gasteiger partial charge on any atom is -0.000740 e. The van der Waals surface area contributed by atoms with E-state index in [0.29, 0.717) is 0 Å². The van der Waals surface area contributed by atoms with Gasteiger partial charge in [0.2, 0.25) is 0 Å². The molecule has 50 heavy (non-hydrogen) atoms. The molecule has 0 heteroatoms. The highest BCUT2D eigenvalue weighted by molar-refractivity contribution is 6.39. The first-order valence-corrected chi connectivity index (χ1v) is 18.7. The summed E-state index contributed by atoms with van der Waals surface area (Å²) in [6, 6.07) is 54.0. The quantitative estimate of drug-likeness (QED) is 0.129. The van der Waals surface area contributed by atoms with Crippen LogP contribution in [0.5, 0.6) is 0 Å². The Morgan fingerprint density at radius 3 is 1.02 bits per heavy atom. The average Bonchev–Trinajstić information content (AvgIpc) is 3.55. The zero-order valence-corrected chi connectivity index (χ0v) is 30.9. The summed E-state index contributed by atoms with van der Waals surface area (Å²) in [4.78, 5) is 0. The summed E-state index contributed by atoms with van der Waals surface area (Å²) in [7, 11) is 0. The fraction of sp³-hybridized carbons (Fsp3) is 0.160. The molecule has 0 fully saturated rings. The molecule has 1 aliphatic rings. The van der Waals surface area contributed by atoms with Crippen LogP contribution in [0.15, 0.2) is 146 Å². The van der Waals surface area contributed by atoms with E-state index in [0.717, 1.165) is 0 Å². The fourth-order valence-corrected chi connectivity index (χ4v) is 7.94. The molecule has 0 nitrogen and oxygen atoms in total. The van der Waals surface area contributed by atoms with E-state index in [4.69, 9.17) is 0 Å². The number of fused-ring (bicyclic) bond motifs is 6. The molecular weight excluding hydrogens is 601 g/mol. The molecule has 9 aromatic carbocycles. The molecule has 0 spiro atoms. The van der Waals surface area contributed by atoms with Crippen LogP contribution < -0.4 is 0 Å². The summed E-state index contributed by atoms with van der Waals surface area (Å²) in [5, 5.41) is 13.4. The van der Waals surface area contributed by atoms with Crippen molar-refractivity contribution < 1.29 is 0 Å². The highest BCUT2D eigenvalue weighted by Gasteiger charge is 2.31. The van der Waals surface area contributed by atoms with Gasteiger partial charge in [0.15, 0.2) is 0 Å². The first-order valence-electron chi connectivity index (χ1n) is 18.7. The lowest BCUT2D eigenvalue weighted by Gasteiger charge is -2.20. The summed E-state index contributed by atoms with van der Waals surface area (Å²) in [6.07, 6.45) is 0.